The van der Waals surface area contributed by atoms with Gasteiger partial charge in [0.15, 0.2) is 0 Å². The lowest BCUT2D eigenvalue weighted by Gasteiger charge is -2.39. The number of aliphatic hydroxyl groups is 1. The molecular formula is C19H16F4N2O. The van der Waals surface area contributed by atoms with Gasteiger partial charge in [-0.15, -0.1) is 0 Å². The van der Waals surface area contributed by atoms with Crippen LogP contribution in [0.3, 0.4) is 0 Å². The van der Waals surface area contributed by atoms with Gasteiger partial charge in [-0.2, -0.15) is 0 Å². The Balaban J connectivity index is 1.73. The van der Waals surface area contributed by atoms with E-state index in [1.807, 2.05) is 0 Å². The number of alkyl halides is 2. The number of benzene rings is 1. The van der Waals surface area contributed by atoms with E-state index in [9.17, 15) is 22.7 Å². The molecule has 0 saturated heterocycles. The van der Waals surface area contributed by atoms with E-state index in [4.69, 9.17) is 5.73 Å². The summed E-state index contributed by atoms with van der Waals surface area (Å²) in [6.07, 6.45) is -1.23. The highest BCUT2D eigenvalue weighted by molar-refractivity contribution is 5.34. The summed E-state index contributed by atoms with van der Waals surface area (Å²) in [6, 6.07) is 7.37. The third kappa shape index (κ3) is 4.40. The second-order valence-corrected chi connectivity index (χ2v) is 6.53. The van der Waals surface area contributed by atoms with E-state index < -0.39 is 42.0 Å². The van der Waals surface area contributed by atoms with Gasteiger partial charge in [-0.1, -0.05) is 12.0 Å². The molecule has 3 N–H and O–H groups in total. The van der Waals surface area contributed by atoms with Crippen LogP contribution in [-0.2, 0) is 6.42 Å². The van der Waals surface area contributed by atoms with Gasteiger partial charge in [0.2, 0.25) is 0 Å². The lowest BCUT2D eigenvalue weighted by Crippen LogP contribution is -2.50. The molecule has 1 heterocycles. The minimum absolute atomic E-state index is 0.161. The zero-order valence-electron chi connectivity index (χ0n) is 13.6. The molecule has 0 spiro atoms. The van der Waals surface area contributed by atoms with Crippen LogP contribution in [0.4, 0.5) is 17.6 Å². The maximum atomic E-state index is 13.3. The van der Waals surface area contributed by atoms with E-state index in [2.05, 4.69) is 16.8 Å². The average Bonchev–Trinajstić information content (AvgIpc) is 2.50. The minimum atomic E-state index is -2.89. The molecule has 1 aliphatic carbocycles. The number of hydrogen-bond donors (Lipinski definition) is 2. The van der Waals surface area contributed by atoms with Crippen molar-refractivity contribution in [1.82, 2.24) is 4.98 Å². The molecule has 3 rings (SSSR count). The number of rotatable bonds is 3. The van der Waals surface area contributed by atoms with E-state index in [1.54, 1.807) is 18.2 Å². The topological polar surface area (TPSA) is 59.1 Å². The van der Waals surface area contributed by atoms with Crippen molar-refractivity contribution in [3.63, 3.8) is 0 Å². The molecule has 1 aliphatic rings. The summed E-state index contributed by atoms with van der Waals surface area (Å²) in [5.74, 6) is 0.737. The SMILES string of the molecule is NC(Cc1cc(F)cc(F)c1)c1cccc(C#CC2(O)CC(F)(F)C2)n1. The Hall–Kier alpha value is -2.43. The van der Waals surface area contributed by atoms with Crippen LogP contribution in [-0.4, -0.2) is 21.6 Å². The fourth-order valence-corrected chi connectivity index (χ4v) is 2.89. The van der Waals surface area contributed by atoms with Gasteiger partial charge < -0.3 is 10.8 Å². The van der Waals surface area contributed by atoms with Crippen molar-refractivity contribution in [1.29, 1.82) is 0 Å². The lowest BCUT2D eigenvalue weighted by atomic mass is 9.77. The van der Waals surface area contributed by atoms with Gasteiger partial charge in [-0.25, -0.2) is 22.5 Å². The number of nitrogens with two attached hydrogens (primary N) is 1. The van der Waals surface area contributed by atoms with Crippen molar-refractivity contribution >= 4 is 0 Å². The largest absolute Gasteiger partial charge is 0.377 e. The zero-order valence-corrected chi connectivity index (χ0v) is 13.6. The first-order chi connectivity index (χ1) is 12.1. The van der Waals surface area contributed by atoms with Crippen LogP contribution in [0.2, 0.25) is 0 Å². The standard InChI is InChI=1S/C19H16F4N2O/c20-13-6-12(7-14(21)9-13)8-16(24)17-3-1-2-15(25-17)4-5-18(26)10-19(22,23)11-18/h1-3,6-7,9,16,26H,8,10-11,24H2. The van der Waals surface area contributed by atoms with E-state index in [1.165, 1.54) is 12.1 Å². The predicted molar refractivity (Wildman–Crippen MR) is 87.2 cm³/mol. The first-order valence-electron chi connectivity index (χ1n) is 7.95. The van der Waals surface area contributed by atoms with E-state index >= 15 is 0 Å². The first-order valence-corrected chi connectivity index (χ1v) is 7.95. The molecule has 7 heteroatoms. The quantitative estimate of drug-likeness (QED) is 0.650. The van der Waals surface area contributed by atoms with Crippen molar-refractivity contribution in [2.24, 2.45) is 5.73 Å². The number of hydrogen-bond acceptors (Lipinski definition) is 3. The molecule has 1 fully saturated rings. The normalized spacial score (nSPS) is 18.4. The molecule has 0 radical (unpaired) electrons. The molecule has 3 nitrogen and oxygen atoms in total. The Morgan fingerprint density at radius 2 is 1.81 bits per heavy atom. The van der Waals surface area contributed by atoms with E-state index in [0.29, 0.717) is 11.3 Å². The fourth-order valence-electron chi connectivity index (χ4n) is 2.89. The number of nitrogens with zero attached hydrogens (tertiary/aromatic N) is 1. The van der Waals surface area contributed by atoms with Gasteiger partial charge in [-0.05, 0) is 42.2 Å². The molecule has 0 bridgehead atoms. The molecule has 2 aromatic rings. The van der Waals surface area contributed by atoms with Crippen LogP contribution < -0.4 is 5.73 Å². The highest BCUT2D eigenvalue weighted by Gasteiger charge is 2.55. The van der Waals surface area contributed by atoms with Crippen LogP contribution in [0.15, 0.2) is 36.4 Å². The molecule has 1 unspecified atom stereocenters. The smallest absolute Gasteiger partial charge is 0.255 e. The molecule has 1 aromatic heterocycles. The maximum Gasteiger partial charge on any atom is 0.255 e. The van der Waals surface area contributed by atoms with Gasteiger partial charge in [-0.3, -0.25) is 0 Å². The van der Waals surface area contributed by atoms with Gasteiger partial charge in [0.05, 0.1) is 24.6 Å². The Labute approximate surface area is 147 Å². The van der Waals surface area contributed by atoms with Crippen LogP contribution in [0.1, 0.15) is 35.8 Å². The summed E-state index contributed by atoms with van der Waals surface area (Å²) < 4.78 is 52.3. The Kier molecular flexibility index (Phi) is 4.74. The van der Waals surface area contributed by atoms with Gasteiger partial charge in [0, 0.05) is 6.07 Å². The first kappa shape index (κ1) is 18.4. The van der Waals surface area contributed by atoms with Gasteiger partial charge in [0.25, 0.3) is 5.92 Å². The van der Waals surface area contributed by atoms with Gasteiger partial charge >= 0.3 is 0 Å². The molecule has 1 saturated carbocycles. The average molecular weight is 364 g/mol. The van der Waals surface area contributed by atoms with Crippen LogP contribution in [0.5, 0.6) is 0 Å². The minimum Gasteiger partial charge on any atom is -0.377 e. The maximum absolute atomic E-state index is 13.3. The number of pyridine rings is 1. The summed E-state index contributed by atoms with van der Waals surface area (Å²) in [5.41, 5.74) is 5.44. The summed E-state index contributed by atoms with van der Waals surface area (Å²) in [4.78, 5) is 4.23. The fraction of sp³-hybridized carbons (Fsp3) is 0.316. The summed E-state index contributed by atoms with van der Waals surface area (Å²) in [5, 5.41) is 9.86. The molecule has 1 aromatic carbocycles. The van der Waals surface area contributed by atoms with Gasteiger partial charge in [0.1, 0.15) is 22.9 Å². The van der Waals surface area contributed by atoms with Crippen LogP contribution >= 0.6 is 0 Å². The Bertz CT molecular complexity index is 860. The zero-order chi connectivity index (χ0) is 18.9. The highest BCUT2D eigenvalue weighted by atomic mass is 19.3. The molecule has 136 valence electrons. The third-order valence-corrected chi connectivity index (χ3v) is 4.05. The Morgan fingerprint density at radius 1 is 1.15 bits per heavy atom. The van der Waals surface area contributed by atoms with E-state index in [-0.39, 0.29) is 12.1 Å². The highest BCUT2D eigenvalue weighted by Crippen LogP contribution is 2.45. The number of halogens is 4. The van der Waals surface area contributed by atoms with Crippen LogP contribution in [0.25, 0.3) is 0 Å². The second kappa shape index (κ2) is 6.71. The van der Waals surface area contributed by atoms with Crippen molar-refractivity contribution in [3.8, 4) is 11.8 Å². The molecule has 0 aliphatic heterocycles. The number of aromatic nitrogens is 1. The molecule has 0 amide bonds. The predicted octanol–water partition coefficient (Wildman–Crippen LogP) is 3.11. The lowest BCUT2D eigenvalue weighted by molar-refractivity contribution is -0.176. The molecular weight excluding hydrogens is 348 g/mol. The third-order valence-electron chi connectivity index (χ3n) is 4.05. The van der Waals surface area contributed by atoms with Crippen molar-refractivity contribution in [3.05, 3.63) is 65.0 Å². The van der Waals surface area contributed by atoms with Crippen LogP contribution in [0, 0.1) is 23.5 Å². The summed E-state index contributed by atoms with van der Waals surface area (Å²) in [7, 11) is 0. The monoisotopic (exact) mass is 364 g/mol. The molecule has 26 heavy (non-hydrogen) atoms. The van der Waals surface area contributed by atoms with Crippen molar-refractivity contribution in [2.75, 3.05) is 0 Å². The van der Waals surface area contributed by atoms with Crippen molar-refractivity contribution < 1.29 is 22.7 Å². The Morgan fingerprint density at radius 3 is 2.42 bits per heavy atom. The second-order valence-electron chi connectivity index (χ2n) is 6.53. The summed E-state index contributed by atoms with van der Waals surface area (Å²) in [6.45, 7) is 0. The van der Waals surface area contributed by atoms with E-state index in [0.717, 1.165) is 6.07 Å². The van der Waals surface area contributed by atoms with Crippen molar-refractivity contribution in [2.45, 2.75) is 36.8 Å². The summed E-state index contributed by atoms with van der Waals surface area (Å²) >= 11 is 0. The molecule has 1 atom stereocenters.